The molecule has 2 heterocycles. The SMILES string of the molecule is COc1ccc(O)c(CN2CCC([C@H](Cc3ccccc3F)N(C)C(=O)c3ccsc3)CC2)c1. The maximum atomic E-state index is 14.5. The molecule has 3 aromatic rings. The Bertz CT molecular complexity index is 1100. The van der Waals surface area contributed by atoms with E-state index in [1.807, 2.05) is 47.0 Å². The fraction of sp³-hybridized carbons (Fsp3) is 0.370. The lowest BCUT2D eigenvalue weighted by Gasteiger charge is -2.40. The zero-order valence-electron chi connectivity index (χ0n) is 19.6. The van der Waals surface area contributed by atoms with Crippen LogP contribution in [0.25, 0.3) is 0 Å². The first kappa shape index (κ1) is 24.2. The van der Waals surface area contributed by atoms with Crippen LogP contribution >= 0.6 is 11.3 Å². The van der Waals surface area contributed by atoms with Gasteiger partial charge in [-0.05, 0) is 79.5 Å². The van der Waals surface area contributed by atoms with E-state index in [4.69, 9.17) is 4.74 Å². The van der Waals surface area contributed by atoms with E-state index >= 15 is 0 Å². The van der Waals surface area contributed by atoms with Crippen molar-refractivity contribution in [3.63, 3.8) is 0 Å². The van der Waals surface area contributed by atoms with Crippen LogP contribution in [0.5, 0.6) is 11.5 Å². The molecule has 1 saturated heterocycles. The van der Waals surface area contributed by atoms with Crippen LogP contribution in [0, 0.1) is 11.7 Å². The number of aromatic hydroxyl groups is 1. The summed E-state index contributed by atoms with van der Waals surface area (Å²) < 4.78 is 19.8. The highest BCUT2D eigenvalue weighted by Crippen LogP contribution is 2.30. The number of ether oxygens (including phenoxy) is 1. The standard InChI is InChI=1S/C27H31FN2O3S/c1-29(27(32)21-11-14-34-18-21)25(16-20-5-3-4-6-24(20)28)19-9-12-30(13-10-19)17-22-15-23(33-2)7-8-26(22)31/h3-8,11,14-15,18-19,25,31H,9-10,12-13,16-17H2,1-2H3/t25-/m0/s1. The van der Waals surface area contributed by atoms with E-state index in [1.165, 1.54) is 17.4 Å². The van der Waals surface area contributed by atoms with Crippen LogP contribution in [-0.2, 0) is 13.0 Å². The van der Waals surface area contributed by atoms with Crippen molar-refractivity contribution >= 4 is 17.2 Å². The van der Waals surface area contributed by atoms with Gasteiger partial charge >= 0.3 is 0 Å². The molecule has 1 aliphatic heterocycles. The number of phenolic OH excluding ortho intramolecular Hbond substituents is 1. The van der Waals surface area contributed by atoms with Crippen molar-refractivity contribution < 1.29 is 19.0 Å². The number of rotatable bonds is 8. The van der Waals surface area contributed by atoms with Crippen molar-refractivity contribution in [3.8, 4) is 11.5 Å². The normalized spacial score (nSPS) is 15.7. The molecule has 1 aromatic heterocycles. The van der Waals surface area contributed by atoms with E-state index in [0.717, 1.165) is 37.2 Å². The maximum absolute atomic E-state index is 14.5. The molecular weight excluding hydrogens is 451 g/mol. The third-order valence-electron chi connectivity index (χ3n) is 6.83. The van der Waals surface area contributed by atoms with Gasteiger partial charge in [-0.2, -0.15) is 11.3 Å². The number of methoxy groups -OCH3 is 1. The van der Waals surface area contributed by atoms with E-state index in [9.17, 15) is 14.3 Å². The number of likely N-dealkylation sites (N-methyl/N-ethyl adjacent to an activating group) is 1. The number of hydrogen-bond donors (Lipinski definition) is 1. The van der Waals surface area contributed by atoms with Crippen molar-refractivity contribution in [2.75, 3.05) is 27.2 Å². The molecule has 34 heavy (non-hydrogen) atoms. The molecule has 0 unspecified atom stereocenters. The summed E-state index contributed by atoms with van der Waals surface area (Å²) in [6.07, 6.45) is 2.27. The summed E-state index contributed by atoms with van der Waals surface area (Å²) in [6.45, 7) is 2.32. The van der Waals surface area contributed by atoms with Gasteiger partial charge < -0.3 is 14.7 Å². The van der Waals surface area contributed by atoms with Gasteiger partial charge in [0, 0.05) is 30.6 Å². The molecule has 5 nitrogen and oxygen atoms in total. The lowest BCUT2D eigenvalue weighted by atomic mass is 9.84. The first-order valence-corrected chi connectivity index (χ1v) is 12.5. The molecule has 1 fully saturated rings. The molecular formula is C27H31FN2O3S. The first-order chi connectivity index (χ1) is 16.5. The Labute approximate surface area is 204 Å². The lowest BCUT2D eigenvalue weighted by molar-refractivity contribution is 0.0583. The zero-order valence-corrected chi connectivity index (χ0v) is 20.4. The maximum Gasteiger partial charge on any atom is 0.254 e. The van der Waals surface area contributed by atoms with Gasteiger partial charge in [0.2, 0.25) is 0 Å². The van der Waals surface area contributed by atoms with Crippen molar-refractivity contribution in [3.05, 3.63) is 81.8 Å². The monoisotopic (exact) mass is 482 g/mol. The molecule has 4 rings (SSSR count). The largest absolute Gasteiger partial charge is 0.508 e. The molecule has 0 saturated carbocycles. The number of amides is 1. The predicted octanol–water partition coefficient (Wildman–Crippen LogP) is 5.20. The molecule has 0 bridgehead atoms. The fourth-order valence-electron chi connectivity index (χ4n) is 4.80. The second-order valence-corrected chi connectivity index (χ2v) is 9.68. The number of phenols is 1. The Balaban J connectivity index is 1.47. The van der Waals surface area contributed by atoms with Gasteiger partial charge in [-0.1, -0.05) is 18.2 Å². The minimum Gasteiger partial charge on any atom is -0.508 e. The summed E-state index contributed by atoms with van der Waals surface area (Å²) in [5.41, 5.74) is 2.16. The van der Waals surface area contributed by atoms with Crippen LogP contribution in [0.1, 0.15) is 34.3 Å². The summed E-state index contributed by atoms with van der Waals surface area (Å²) in [5, 5.41) is 14.0. The van der Waals surface area contributed by atoms with Crippen LogP contribution < -0.4 is 4.74 Å². The van der Waals surface area contributed by atoms with E-state index in [0.29, 0.717) is 24.1 Å². The number of piperidine rings is 1. The van der Waals surface area contributed by atoms with Gasteiger partial charge in [0.25, 0.3) is 5.91 Å². The lowest BCUT2D eigenvalue weighted by Crippen LogP contribution is -2.47. The minimum absolute atomic E-state index is 0.0219. The Morgan fingerprint density at radius 2 is 1.97 bits per heavy atom. The molecule has 1 atom stereocenters. The number of hydrogen-bond acceptors (Lipinski definition) is 5. The molecule has 2 aromatic carbocycles. The second kappa shape index (κ2) is 11.0. The van der Waals surface area contributed by atoms with E-state index in [1.54, 1.807) is 25.3 Å². The van der Waals surface area contributed by atoms with Gasteiger partial charge in [0.05, 0.1) is 12.7 Å². The molecule has 1 aliphatic rings. The predicted molar refractivity (Wildman–Crippen MR) is 133 cm³/mol. The van der Waals surface area contributed by atoms with Gasteiger partial charge in [0.1, 0.15) is 17.3 Å². The number of benzene rings is 2. The number of carbonyl (C=O) groups excluding carboxylic acids is 1. The Morgan fingerprint density at radius 3 is 2.65 bits per heavy atom. The van der Waals surface area contributed by atoms with Gasteiger partial charge in [-0.25, -0.2) is 4.39 Å². The quantitative estimate of drug-likeness (QED) is 0.480. The molecule has 0 spiro atoms. The van der Waals surface area contributed by atoms with Crippen LogP contribution in [0.4, 0.5) is 4.39 Å². The van der Waals surface area contributed by atoms with Gasteiger partial charge in [0.15, 0.2) is 0 Å². The zero-order chi connectivity index (χ0) is 24.1. The second-order valence-electron chi connectivity index (χ2n) is 8.90. The van der Waals surface area contributed by atoms with Crippen molar-refractivity contribution in [1.82, 2.24) is 9.80 Å². The molecule has 180 valence electrons. The Kier molecular flexibility index (Phi) is 7.85. The van der Waals surface area contributed by atoms with Crippen LogP contribution in [0.2, 0.25) is 0 Å². The molecule has 7 heteroatoms. The minimum atomic E-state index is -0.227. The van der Waals surface area contributed by atoms with Crippen LogP contribution in [-0.4, -0.2) is 54.1 Å². The van der Waals surface area contributed by atoms with Gasteiger partial charge in [-0.15, -0.1) is 0 Å². The van der Waals surface area contributed by atoms with Crippen LogP contribution in [0.3, 0.4) is 0 Å². The fourth-order valence-corrected chi connectivity index (χ4v) is 5.43. The van der Waals surface area contributed by atoms with E-state index in [-0.39, 0.29) is 29.4 Å². The summed E-state index contributed by atoms with van der Waals surface area (Å²) in [6, 6.07) is 13.9. The number of halogens is 1. The summed E-state index contributed by atoms with van der Waals surface area (Å²) in [4.78, 5) is 17.3. The van der Waals surface area contributed by atoms with E-state index < -0.39 is 0 Å². The number of nitrogens with zero attached hydrogens (tertiary/aromatic N) is 2. The number of likely N-dealkylation sites (tertiary alicyclic amines) is 1. The Hall–Kier alpha value is -2.90. The molecule has 0 radical (unpaired) electrons. The topological polar surface area (TPSA) is 53.0 Å². The summed E-state index contributed by atoms with van der Waals surface area (Å²) in [7, 11) is 3.46. The van der Waals surface area contributed by atoms with Crippen molar-refractivity contribution in [2.24, 2.45) is 5.92 Å². The van der Waals surface area contributed by atoms with Gasteiger partial charge in [-0.3, -0.25) is 9.69 Å². The highest BCUT2D eigenvalue weighted by Gasteiger charge is 2.32. The summed E-state index contributed by atoms with van der Waals surface area (Å²) in [5.74, 6) is 0.992. The van der Waals surface area contributed by atoms with E-state index in [2.05, 4.69) is 4.90 Å². The molecule has 1 N–H and O–H groups in total. The highest BCUT2D eigenvalue weighted by molar-refractivity contribution is 7.08. The molecule has 0 aliphatic carbocycles. The number of thiophene rings is 1. The first-order valence-electron chi connectivity index (χ1n) is 11.6. The highest BCUT2D eigenvalue weighted by atomic mass is 32.1. The van der Waals surface area contributed by atoms with Crippen molar-refractivity contribution in [2.45, 2.75) is 31.8 Å². The average molecular weight is 483 g/mol. The molecule has 1 amide bonds. The average Bonchev–Trinajstić information content (AvgIpc) is 3.40. The summed E-state index contributed by atoms with van der Waals surface area (Å²) >= 11 is 1.50. The van der Waals surface area contributed by atoms with Crippen LogP contribution in [0.15, 0.2) is 59.3 Å². The third kappa shape index (κ3) is 5.59. The van der Waals surface area contributed by atoms with Crippen molar-refractivity contribution in [1.29, 1.82) is 0 Å². The third-order valence-corrected chi connectivity index (χ3v) is 7.51. The Morgan fingerprint density at radius 1 is 1.21 bits per heavy atom. The number of carbonyl (C=O) groups is 1. The smallest absolute Gasteiger partial charge is 0.254 e.